The lowest BCUT2D eigenvalue weighted by molar-refractivity contribution is -0.136. The first-order chi connectivity index (χ1) is 8.90. The van der Waals surface area contributed by atoms with Crippen molar-refractivity contribution in [1.82, 2.24) is 0 Å². The summed E-state index contributed by atoms with van der Waals surface area (Å²) in [4.78, 5) is -0.209. The van der Waals surface area contributed by atoms with Crippen LogP contribution in [0.15, 0.2) is 17.0 Å². The van der Waals surface area contributed by atoms with E-state index in [1.807, 2.05) is 0 Å². The minimum Gasteiger partial charge on any atom is -0.399 e. The van der Waals surface area contributed by atoms with E-state index in [4.69, 9.17) is 10.9 Å². The van der Waals surface area contributed by atoms with Crippen LogP contribution in [-0.2, 0) is 10.0 Å². The molecule has 0 aliphatic heterocycles. The number of alkyl halides is 3. The Morgan fingerprint density at radius 3 is 2.35 bits per heavy atom. The van der Waals surface area contributed by atoms with Gasteiger partial charge in [-0.15, -0.1) is 0 Å². The molecule has 5 nitrogen and oxygen atoms in total. The second-order valence-electron chi connectivity index (χ2n) is 4.60. The smallest absolute Gasteiger partial charge is 0.391 e. The van der Waals surface area contributed by atoms with Crippen molar-refractivity contribution in [3.63, 3.8) is 0 Å². The van der Waals surface area contributed by atoms with Crippen LogP contribution in [0.3, 0.4) is 0 Å². The maximum atomic E-state index is 12.3. The molecule has 0 saturated heterocycles. The zero-order chi connectivity index (χ0) is 15.7. The summed E-state index contributed by atoms with van der Waals surface area (Å²) >= 11 is 0. The maximum absolute atomic E-state index is 12.3. The first-order valence-corrected chi connectivity index (χ1v) is 7.21. The number of halogens is 3. The summed E-state index contributed by atoms with van der Waals surface area (Å²) < 4.78 is 59.6. The molecule has 0 amide bonds. The maximum Gasteiger partial charge on any atom is 0.391 e. The molecule has 20 heavy (non-hydrogen) atoms. The van der Waals surface area contributed by atoms with Crippen LogP contribution in [0.1, 0.15) is 18.9 Å². The predicted octanol–water partition coefficient (Wildman–Crippen LogP) is 1.98. The van der Waals surface area contributed by atoms with Crippen LogP contribution in [0, 0.1) is 6.92 Å². The van der Waals surface area contributed by atoms with Crippen LogP contribution in [0.25, 0.3) is 0 Å². The van der Waals surface area contributed by atoms with E-state index in [0.717, 1.165) is 0 Å². The van der Waals surface area contributed by atoms with Crippen molar-refractivity contribution in [3.8, 4) is 0 Å². The second-order valence-corrected chi connectivity index (χ2v) is 6.13. The predicted molar refractivity (Wildman–Crippen MR) is 70.7 cm³/mol. The summed E-state index contributed by atoms with van der Waals surface area (Å²) in [5, 5.41) is 7.64. The minimum absolute atomic E-state index is 0.0985. The SMILES string of the molecule is Cc1c(NC(C)CC(F)(F)F)cc(N)cc1S(N)(=O)=O. The summed E-state index contributed by atoms with van der Waals surface area (Å²) in [5.74, 6) is 0. The van der Waals surface area contributed by atoms with Crippen molar-refractivity contribution >= 4 is 21.4 Å². The van der Waals surface area contributed by atoms with E-state index in [0.29, 0.717) is 0 Å². The molecule has 9 heteroatoms. The Labute approximate surface area is 115 Å². The van der Waals surface area contributed by atoms with Gasteiger partial charge in [0.15, 0.2) is 0 Å². The number of hydrogen-bond donors (Lipinski definition) is 3. The Morgan fingerprint density at radius 2 is 1.90 bits per heavy atom. The number of hydrogen-bond acceptors (Lipinski definition) is 4. The average Bonchev–Trinajstić information content (AvgIpc) is 2.18. The van der Waals surface area contributed by atoms with E-state index in [2.05, 4.69) is 5.32 Å². The molecule has 0 heterocycles. The molecule has 0 bridgehead atoms. The van der Waals surface area contributed by atoms with E-state index in [1.165, 1.54) is 26.0 Å². The molecule has 1 aromatic carbocycles. The number of sulfonamides is 1. The van der Waals surface area contributed by atoms with E-state index in [-0.39, 0.29) is 21.8 Å². The fraction of sp³-hybridized carbons (Fsp3) is 0.455. The monoisotopic (exact) mass is 311 g/mol. The number of benzene rings is 1. The Kier molecular flexibility index (Phi) is 4.55. The highest BCUT2D eigenvalue weighted by Crippen LogP contribution is 2.29. The van der Waals surface area contributed by atoms with Crippen molar-refractivity contribution in [3.05, 3.63) is 17.7 Å². The van der Waals surface area contributed by atoms with Crippen LogP contribution >= 0.6 is 0 Å². The number of anilines is 2. The third kappa shape index (κ3) is 4.57. The molecule has 0 aliphatic rings. The molecule has 1 unspecified atom stereocenters. The van der Waals surface area contributed by atoms with Gasteiger partial charge in [0.2, 0.25) is 10.0 Å². The van der Waals surface area contributed by atoms with Crippen LogP contribution in [-0.4, -0.2) is 20.6 Å². The molecule has 0 saturated carbocycles. The van der Waals surface area contributed by atoms with Crippen LogP contribution in [0.4, 0.5) is 24.5 Å². The first kappa shape index (κ1) is 16.6. The molecule has 1 atom stereocenters. The second kappa shape index (κ2) is 5.49. The lowest BCUT2D eigenvalue weighted by atomic mass is 10.1. The molecule has 0 aromatic heterocycles. The van der Waals surface area contributed by atoms with Crippen molar-refractivity contribution in [2.45, 2.75) is 37.4 Å². The summed E-state index contributed by atoms with van der Waals surface area (Å²) in [6.07, 6.45) is -5.37. The average molecular weight is 311 g/mol. The topological polar surface area (TPSA) is 98.2 Å². The van der Waals surface area contributed by atoms with E-state index in [9.17, 15) is 21.6 Å². The molecular weight excluding hydrogens is 295 g/mol. The van der Waals surface area contributed by atoms with Crippen molar-refractivity contribution < 1.29 is 21.6 Å². The minimum atomic E-state index is -4.32. The molecule has 0 spiro atoms. The van der Waals surface area contributed by atoms with E-state index in [1.54, 1.807) is 0 Å². The van der Waals surface area contributed by atoms with Gasteiger partial charge in [-0.25, -0.2) is 13.6 Å². The molecule has 0 aliphatic carbocycles. The zero-order valence-electron chi connectivity index (χ0n) is 11.0. The van der Waals surface area contributed by atoms with Gasteiger partial charge in [0.05, 0.1) is 11.3 Å². The Balaban J connectivity index is 3.11. The Hall–Kier alpha value is -1.48. The number of rotatable bonds is 4. The van der Waals surface area contributed by atoms with Crippen LogP contribution in [0.5, 0.6) is 0 Å². The van der Waals surface area contributed by atoms with Gasteiger partial charge in [-0.1, -0.05) is 0 Å². The normalized spacial score (nSPS) is 14.1. The van der Waals surface area contributed by atoms with Gasteiger partial charge < -0.3 is 11.1 Å². The van der Waals surface area contributed by atoms with Gasteiger partial charge in [-0.2, -0.15) is 13.2 Å². The third-order valence-electron chi connectivity index (χ3n) is 2.63. The van der Waals surface area contributed by atoms with Gasteiger partial charge in [0, 0.05) is 17.4 Å². The van der Waals surface area contributed by atoms with Crippen molar-refractivity contribution in [2.24, 2.45) is 5.14 Å². The number of nitrogens with one attached hydrogen (secondary N) is 1. The highest BCUT2D eigenvalue weighted by molar-refractivity contribution is 7.89. The van der Waals surface area contributed by atoms with Crippen LogP contribution < -0.4 is 16.2 Å². The molecule has 0 fully saturated rings. The summed E-state index contributed by atoms with van der Waals surface area (Å²) in [6.45, 7) is 2.79. The summed E-state index contributed by atoms with van der Waals surface area (Å²) in [5.41, 5.74) is 6.09. The molecular formula is C11H16F3N3O2S. The molecule has 1 aromatic rings. The molecule has 1 rings (SSSR count). The molecule has 5 N–H and O–H groups in total. The number of nitrogens with two attached hydrogens (primary N) is 2. The van der Waals surface area contributed by atoms with Gasteiger partial charge in [0.1, 0.15) is 0 Å². The first-order valence-electron chi connectivity index (χ1n) is 5.66. The lowest BCUT2D eigenvalue weighted by Gasteiger charge is -2.20. The molecule has 0 radical (unpaired) electrons. The van der Waals surface area contributed by atoms with Gasteiger partial charge in [0.25, 0.3) is 0 Å². The quantitative estimate of drug-likeness (QED) is 0.740. The zero-order valence-corrected chi connectivity index (χ0v) is 11.8. The highest BCUT2D eigenvalue weighted by Gasteiger charge is 2.30. The van der Waals surface area contributed by atoms with Gasteiger partial charge in [-0.05, 0) is 31.5 Å². The van der Waals surface area contributed by atoms with E-state index < -0.39 is 28.7 Å². The van der Waals surface area contributed by atoms with E-state index >= 15 is 0 Å². The fourth-order valence-corrected chi connectivity index (χ4v) is 2.66. The van der Waals surface area contributed by atoms with Crippen LogP contribution in [0.2, 0.25) is 0 Å². The Morgan fingerprint density at radius 1 is 1.35 bits per heavy atom. The summed E-state index contributed by atoms with van der Waals surface area (Å²) in [7, 11) is -3.99. The number of primary sulfonamides is 1. The largest absolute Gasteiger partial charge is 0.399 e. The lowest BCUT2D eigenvalue weighted by Crippen LogP contribution is -2.25. The summed E-state index contributed by atoms with van der Waals surface area (Å²) in [6, 6.07) is 1.62. The van der Waals surface area contributed by atoms with Crippen molar-refractivity contribution in [1.29, 1.82) is 0 Å². The number of nitrogen functional groups attached to an aromatic ring is 1. The van der Waals surface area contributed by atoms with Gasteiger partial charge in [-0.3, -0.25) is 0 Å². The highest BCUT2D eigenvalue weighted by atomic mass is 32.2. The Bertz CT molecular complexity index is 600. The standard InChI is InChI=1S/C11H16F3N3O2S/c1-6(5-11(12,13)14)17-9-3-8(15)4-10(7(9)2)20(16,18)19/h3-4,6,17H,5,15H2,1-2H3,(H2,16,18,19). The third-order valence-corrected chi connectivity index (χ3v) is 3.67. The van der Waals surface area contributed by atoms with Gasteiger partial charge >= 0.3 is 6.18 Å². The fourth-order valence-electron chi connectivity index (χ4n) is 1.82. The van der Waals surface area contributed by atoms with Crippen molar-refractivity contribution in [2.75, 3.05) is 11.1 Å². The molecule has 114 valence electrons.